The first-order chi connectivity index (χ1) is 11.5. The van der Waals surface area contributed by atoms with E-state index in [9.17, 15) is 4.79 Å². The Balaban J connectivity index is 2.11. The van der Waals surface area contributed by atoms with E-state index in [-0.39, 0.29) is 5.91 Å². The number of hydrogen-bond donors (Lipinski definition) is 1. The van der Waals surface area contributed by atoms with Crippen molar-refractivity contribution in [1.29, 1.82) is 0 Å². The second-order valence-corrected chi connectivity index (χ2v) is 7.25. The van der Waals surface area contributed by atoms with Gasteiger partial charge in [-0.3, -0.25) is 4.79 Å². The molecule has 0 saturated carbocycles. The first-order valence-electron chi connectivity index (χ1n) is 9.92. The Hall–Kier alpha value is -1.31. The molecule has 0 bridgehead atoms. The Kier molecular flexibility index (Phi) is 10.5. The van der Waals surface area contributed by atoms with Gasteiger partial charge in [-0.05, 0) is 38.3 Å². The topological polar surface area (TPSA) is 29.1 Å². The van der Waals surface area contributed by atoms with Crippen LogP contribution in [0.4, 0.5) is 5.69 Å². The zero-order chi connectivity index (χ0) is 17.8. The molecule has 0 unspecified atom stereocenters. The molecule has 2 heteroatoms. The summed E-state index contributed by atoms with van der Waals surface area (Å²) in [6, 6.07) is 4.26. The summed E-state index contributed by atoms with van der Waals surface area (Å²) >= 11 is 0. The van der Waals surface area contributed by atoms with E-state index in [1.807, 2.05) is 0 Å². The maximum absolute atomic E-state index is 12.1. The van der Waals surface area contributed by atoms with Gasteiger partial charge in [0, 0.05) is 12.1 Å². The van der Waals surface area contributed by atoms with Crippen LogP contribution in [-0.4, -0.2) is 5.91 Å². The molecule has 0 atom stereocenters. The summed E-state index contributed by atoms with van der Waals surface area (Å²) in [5, 5.41) is 3.10. The van der Waals surface area contributed by atoms with Crippen molar-refractivity contribution in [3.05, 3.63) is 28.8 Å². The van der Waals surface area contributed by atoms with Gasteiger partial charge in [0.15, 0.2) is 0 Å². The van der Waals surface area contributed by atoms with Crippen LogP contribution in [0, 0.1) is 20.8 Å². The van der Waals surface area contributed by atoms with Crippen LogP contribution in [0.1, 0.15) is 94.2 Å². The summed E-state index contributed by atoms with van der Waals surface area (Å²) in [7, 11) is 0. The Morgan fingerprint density at radius 3 is 1.75 bits per heavy atom. The number of anilines is 1. The third kappa shape index (κ3) is 8.52. The lowest BCUT2D eigenvalue weighted by Crippen LogP contribution is -2.13. The first kappa shape index (κ1) is 20.7. The summed E-state index contributed by atoms with van der Waals surface area (Å²) in [5.41, 5.74) is 4.56. The zero-order valence-electron chi connectivity index (χ0n) is 16.3. The Morgan fingerprint density at radius 2 is 1.25 bits per heavy atom. The number of carbonyl (C=O) groups excluding carboxylic acids is 1. The largest absolute Gasteiger partial charge is 0.326 e. The standard InChI is InChI=1S/C22H37NO/c1-5-6-7-8-9-10-11-12-13-14-15-21(24)23-22-19(3)16-18(2)17-20(22)4/h16-17H,5-15H2,1-4H3,(H,23,24). The number of benzene rings is 1. The molecule has 0 aliphatic rings. The van der Waals surface area contributed by atoms with Crippen molar-refractivity contribution >= 4 is 11.6 Å². The summed E-state index contributed by atoms with van der Waals surface area (Å²) in [4.78, 5) is 12.1. The van der Waals surface area contributed by atoms with Gasteiger partial charge in [0.25, 0.3) is 0 Å². The molecule has 24 heavy (non-hydrogen) atoms. The van der Waals surface area contributed by atoms with Gasteiger partial charge < -0.3 is 5.32 Å². The van der Waals surface area contributed by atoms with Gasteiger partial charge >= 0.3 is 0 Å². The van der Waals surface area contributed by atoms with Crippen LogP contribution < -0.4 is 5.32 Å². The molecule has 0 radical (unpaired) electrons. The second kappa shape index (κ2) is 12.1. The Labute approximate surface area is 149 Å². The molecule has 0 aromatic heterocycles. The number of amides is 1. The van der Waals surface area contributed by atoms with Crippen molar-refractivity contribution < 1.29 is 4.79 Å². The van der Waals surface area contributed by atoms with Crippen molar-refractivity contribution in [1.82, 2.24) is 0 Å². The molecule has 0 aliphatic carbocycles. The second-order valence-electron chi connectivity index (χ2n) is 7.25. The maximum Gasteiger partial charge on any atom is 0.224 e. The van der Waals surface area contributed by atoms with Crippen LogP contribution in [0.2, 0.25) is 0 Å². The summed E-state index contributed by atoms with van der Waals surface area (Å²) in [5.74, 6) is 0.157. The number of unbranched alkanes of at least 4 members (excludes halogenated alkanes) is 9. The Bertz CT molecular complexity index is 470. The van der Waals surface area contributed by atoms with Gasteiger partial charge in [0.05, 0.1) is 0 Å². The molecule has 0 spiro atoms. The van der Waals surface area contributed by atoms with Crippen LogP contribution in [0.15, 0.2) is 12.1 Å². The van der Waals surface area contributed by atoms with E-state index in [0.717, 1.165) is 23.2 Å². The third-order valence-corrected chi connectivity index (χ3v) is 4.70. The molecule has 1 rings (SSSR count). The predicted octanol–water partition coefficient (Wildman–Crippen LogP) is 6.86. The fraction of sp³-hybridized carbons (Fsp3) is 0.682. The van der Waals surface area contributed by atoms with Gasteiger partial charge in [-0.1, -0.05) is 82.4 Å². The highest BCUT2D eigenvalue weighted by Gasteiger charge is 2.08. The first-order valence-corrected chi connectivity index (χ1v) is 9.92. The molecule has 0 saturated heterocycles. The summed E-state index contributed by atoms with van der Waals surface area (Å²) in [6.45, 7) is 8.49. The van der Waals surface area contributed by atoms with Gasteiger partial charge in [-0.2, -0.15) is 0 Å². The quantitative estimate of drug-likeness (QED) is 0.416. The molecule has 0 fully saturated rings. The summed E-state index contributed by atoms with van der Waals surface area (Å²) in [6.07, 6.45) is 13.7. The molecular weight excluding hydrogens is 294 g/mol. The van der Waals surface area contributed by atoms with E-state index in [1.54, 1.807) is 0 Å². The molecule has 136 valence electrons. The highest BCUT2D eigenvalue weighted by atomic mass is 16.1. The van der Waals surface area contributed by atoms with Gasteiger partial charge in [0.1, 0.15) is 0 Å². The smallest absolute Gasteiger partial charge is 0.224 e. The molecule has 1 aromatic rings. The average molecular weight is 332 g/mol. The minimum atomic E-state index is 0.157. The van der Waals surface area contributed by atoms with Crippen molar-refractivity contribution in [2.45, 2.75) is 98.3 Å². The number of nitrogens with one attached hydrogen (secondary N) is 1. The molecular formula is C22H37NO. The monoisotopic (exact) mass is 331 g/mol. The zero-order valence-corrected chi connectivity index (χ0v) is 16.3. The van der Waals surface area contributed by atoms with E-state index < -0.39 is 0 Å². The fourth-order valence-electron chi connectivity index (χ4n) is 3.35. The van der Waals surface area contributed by atoms with Crippen molar-refractivity contribution in [2.24, 2.45) is 0 Å². The third-order valence-electron chi connectivity index (χ3n) is 4.70. The number of hydrogen-bond acceptors (Lipinski definition) is 1. The van der Waals surface area contributed by atoms with Crippen molar-refractivity contribution in [3.8, 4) is 0 Å². The Morgan fingerprint density at radius 1 is 0.792 bits per heavy atom. The van der Waals surface area contributed by atoms with Crippen molar-refractivity contribution in [3.63, 3.8) is 0 Å². The molecule has 1 amide bonds. The molecule has 2 nitrogen and oxygen atoms in total. The van der Waals surface area contributed by atoms with Gasteiger partial charge in [0.2, 0.25) is 5.91 Å². The number of aryl methyl sites for hydroxylation is 3. The van der Waals surface area contributed by atoms with Crippen molar-refractivity contribution in [2.75, 3.05) is 5.32 Å². The molecule has 1 N–H and O–H groups in total. The van der Waals surface area contributed by atoms with Crippen LogP contribution in [-0.2, 0) is 4.79 Å². The van der Waals surface area contributed by atoms with Gasteiger partial charge in [-0.25, -0.2) is 0 Å². The fourth-order valence-corrected chi connectivity index (χ4v) is 3.35. The van der Waals surface area contributed by atoms with Crippen LogP contribution in [0.5, 0.6) is 0 Å². The van der Waals surface area contributed by atoms with Crippen LogP contribution in [0.25, 0.3) is 0 Å². The lowest BCUT2D eigenvalue weighted by atomic mass is 10.0. The van der Waals surface area contributed by atoms with E-state index in [4.69, 9.17) is 0 Å². The highest BCUT2D eigenvalue weighted by molar-refractivity contribution is 5.92. The van der Waals surface area contributed by atoms with Gasteiger partial charge in [-0.15, -0.1) is 0 Å². The SMILES string of the molecule is CCCCCCCCCCCCC(=O)Nc1c(C)cc(C)cc1C. The highest BCUT2D eigenvalue weighted by Crippen LogP contribution is 2.22. The average Bonchev–Trinajstić information content (AvgIpc) is 2.52. The molecule has 0 aliphatic heterocycles. The van der Waals surface area contributed by atoms with Crippen LogP contribution in [0.3, 0.4) is 0 Å². The summed E-state index contributed by atoms with van der Waals surface area (Å²) < 4.78 is 0. The molecule has 0 heterocycles. The minimum absolute atomic E-state index is 0.157. The lowest BCUT2D eigenvalue weighted by Gasteiger charge is -2.12. The normalized spacial score (nSPS) is 10.8. The number of rotatable bonds is 12. The molecule has 1 aromatic carbocycles. The van der Waals surface area contributed by atoms with E-state index in [2.05, 4.69) is 45.1 Å². The minimum Gasteiger partial charge on any atom is -0.326 e. The van der Waals surface area contributed by atoms with Crippen LogP contribution >= 0.6 is 0 Å². The van der Waals surface area contributed by atoms with E-state index >= 15 is 0 Å². The van der Waals surface area contributed by atoms with E-state index in [1.165, 1.54) is 63.4 Å². The van der Waals surface area contributed by atoms with E-state index in [0.29, 0.717) is 6.42 Å². The predicted molar refractivity (Wildman–Crippen MR) is 106 cm³/mol. The number of carbonyl (C=O) groups is 1. The maximum atomic E-state index is 12.1. The lowest BCUT2D eigenvalue weighted by molar-refractivity contribution is -0.116.